The van der Waals surface area contributed by atoms with Gasteiger partial charge < -0.3 is 24.8 Å². The zero-order chi connectivity index (χ0) is 18.4. The molecule has 28 heavy (non-hydrogen) atoms. The van der Waals surface area contributed by atoms with Crippen LogP contribution >= 0.6 is 0 Å². The Kier molecular flexibility index (Phi) is 11.0. The number of fused-ring (bicyclic) bond motifs is 4. The maximum atomic E-state index is 2.31. The van der Waals surface area contributed by atoms with E-state index in [1.165, 1.54) is 32.3 Å². The fourth-order valence-corrected chi connectivity index (χ4v) is 2.97. The van der Waals surface area contributed by atoms with E-state index < -0.39 is 0 Å². The number of halogens is 2. The smallest absolute Gasteiger partial charge is 0.0771 e. The third kappa shape index (κ3) is 6.71. The molecule has 0 bridgehead atoms. The third-order valence-electron chi connectivity index (χ3n) is 4.07. The predicted molar refractivity (Wildman–Crippen MR) is 114 cm³/mol. The molecule has 0 N–H and O–H groups in total. The number of hydrogen-bond acceptors (Lipinski definition) is 0. The van der Waals surface area contributed by atoms with Crippen LogP contribution in [0, 0.1) is 0 Å². The molecule has 0 atom stereocenters. The first-order valence-electron chi connectivity index (χ1n) is 8.80. The van der Waals surface area contributed by atoms with Crippen LogP contribution in [0.4, 0.5) is 0 Å². The van der Waals surface area contributed by atoms with Gasteiger partial charge in [-0.3, -0.25) is 0 Å². The molecule has 0 unspecified atom stereocenters. The van der Waals surface area contributed by atoms with E-state index >= 15 is 0 Å². The van der Waals surface area contributed by atoms with E-state index in [1.54, 1.807) is 23.3 Å². The Labute approximate surface area is 194 Å². The first-order valence-corrected chi connectivity index (χ1v) is 15.0. The molecule has 0 nitrogen and oxygen atoms in total. The maximum absolute atomic E-state index is 2.31. The molecule has 142 valence electrons. The summed E-state index contributed by atoms with van der Waals surface area (Å²) in [7, 11) is 0. The second-order valence-corrected chi connectivity index (χ2v) is 15.8. The van der Waals surface area contributed by atoms with Crippen LogP contribution in [0.5, 0.6) is 0 Å². The Morgan fingerprint density at radius 3 is 1.57 bits per heavy atom. The van der Waals surface area contributed by atoms with Crippen molar-refractivity contribution in [3.8, 4) is 0 Å². The molecule has 0 heterocycles. The summed E-state index contributed by atoms with van der Waals surface area (Å²) in [4.78, 5) is 0. The molecular formula is C24H22Cl2SiZr-2. The Morgan fingerprint density at radius 2 is 1.07 bits per heavy atom. The van der Waals surface area contributed by atoms with Gasteiger partial charge in [0.1, 0.15) is 0 Å². The maximum Gasteiger partial charge on any atom is -0.0771 e. The molecule has 0 fully saturated rings. The van der Waals surface area contributed by atoms with Crippen molar-refractivity contribution < 1.29 is 48.1 Å². The molecule has 5 aromatic carbocycles. The molecule has 0 saturated heterocycles. The normalized spacial score (nSPS) is 9.43. The van der Waals surface area contributed by atoms with Crippen molar-refractivity contribution in [2.75, 3.05) is 0 Å². The molecule has 0 radical (unpaired) electrons. The van der Waals surface area contributed by atoms with Gasteiger partial charge in [-0.2, -0.15) is 17.5 Å². The Hall–Kier alpha value is -1.18. The van der Waals surface area contributed by atoms with Crippen LogP contribution in [-0.4, -0.2) is 5.43 Å². The van der Waals surface area contributed by atoms with Crippen molar-refractivity contribution in [1.29, 1.82) is 0 Å². The average Bonchev–Trinajstić information content (AvgIpc) is 3.26. The molecule has 0 aliphatic rings. The number of hydrogen-bond donors (Lipinski definition) is 0. The van der Waals surface area contributed by atoms with E-state index in [1.807, 2.05) is 0 Å². The summed E-state index contributed by atoms with van der Waals surface area (Å²) in [5, 5.41) is 8.05. The Bertz CT molecular complexity index is 1060. The Balaban J connectivity index is 0.000000231. The van der Waals surface area contributed by atoms with Gasteiger partial charge in [-0.05, 0) is 0 Å². The largest absolute Gasteiger partial charge is 1.00 e. The third-order valence-corrected chi connectivity index (χ3v) is 4.07. The van der Waals surface area contributed by atoms with Crippen LogP contribution in [0.25, 0.3) is 32.3 Å². The van der Waals surface area contributed by atoms with Gasteiger partial charge in [0.05, 0.1) is 0 Å². The SMILES string of the molecule is C[Si](C)=[Zr+2].[Cl-].[Cl-].c1ccc2[cH-]ccc2c1.c1ccc2c(c1)[cH-]c1ccccc12. The second kappa shape index (κ2) is 12.4. The Morgan fingerprint density at radius 1 is 0.643 bits per heavy atom. The van der Waals surface area contributed by atoms with E-state index in [2.05, 4.69) is 110 Å². The summed E-state index contributed by atoms with van der Waals surface area (Å²) in [6.07, 6.45) is 0. The average molecular weight is 501 g/mol. The minimum Gasteiger partial charge on any atom is -1.00 e. The van der Waals surface area contributed by atoms with Crippen molar-refractivity contribution in [2.24, 2.45) is 0 Å². The first kappa shape index (κ1) is 24.9. The van der Waals surface area contributed by atoms with E-state index in [4.69, 9.17) is 0 Å². The van der Waals surface area contributed by atoms with E-state index in [0.717, 1.165) is 0 Å². The van der Waals surface area contributed by atoms with Crippen LogP contribution in [0.2, 0.25) is 13.1 Å². The van der Waals surface area contributed by atoms with Crippen LogP contribution in [0.15, 0.2) is 97.1 Å². The topological polar surface area (TPSA) is 0 Å². The fourth-order valence-electron chi connectivity index (χ4n) is 2.97. The van der Waals surface area contributed by atoms with Crippen LogP contribution in [0.3, 0.4) is 0 Å². The fraction of sp³-hybridized carbons (Fsp3) is 0.0833. The quantitative estimate of drug-likeness (QED) is 0.220. The summed E-state index contributed by atoms with van der Waals surface area (Å²) in [6, 6.07) is 33.9. The van der Waals surface area contributed by atoms with Crippen molar-refractivity contribution in [2.45, 2.75) is 13.1 Å². The predicted octanol–water partition coefficient (Wildman–Crippen LogP) is 1.06. The van der Waals surface area contributed by atoms with Gasteiger partial charge in [-0.1, -0.05) is 42.5 Å². The molecule has 0 aromatic heterocycles. The van der Waals surface area contributed by atoms with Crippen molar-refractivity contribution in [3.05, 3.63) is 97.1 Å². The summed E-state index contributed by atoms with van der Waals surface area (Å²) in [5.74, 6) is 0. The molecule has 0 aliphatic heterocycles. The van der Waals surface area contributed by atoms with Crippen molar-refractivity contribution >= 4 is 37.8 Å². The molecule has 0 amide bonds. The first-order chi connectivity index (χ1) is 12.6. The molecule has 4 heteroatoms. The standard InChI is InChI=1S/C13H9.C9H7.C2H6Si.2ClH.Zr/c1-3-7-12-10(5-1)9-11-6-2-4-8-13(11)12;1-2-5-9-7-3-6-8(9)4-1;1-3-2;;;/h1-9H;1-7H;1-2H3;2*1H;/q2*-1;;;;+2/p-2. The molecule has 0 saturated carbocycles. The monoisotopic (exact) mass is 498 g/mol. The van der Waals surface area contributed by atoms with Gasteiger partial charge in [-0.15, -0.1) is 69.4 Å². The van der Waals surface area contributed by atoms with Gasteiger partial charge in [-0.25, -0.2) is 0 Å². The van der Waals surface area contributed by atoms with E-state index in [9.17, 15) is 0 Å². The van der Waals surface area contributed by atoms with Crippen LogP contribution in [-0.2, 0) is 23.3 Å². The number of benzene rings is 3. The van der Waals surface area contributed by atoms with Crippen molar-refractivity contribution in [1.82, 2.24) is 0 Å². The summed E-state index contributed by atoms with van der Waals surface area (Å²) >= 11 is 1.74. The van der Waals surface area contributed by atoms with Gasteiger partial charge in [0.25, 0.3) is 0 Å². The van der Waals surface area contributed by atoms with Gasteiger partial charge in [0.15, 0.2) is 0 Å². The number of rotatable bonds is 0. The van der Waals surface area contributed by atoms with Crippen LogP contribution < -0.4 is 24.8 Å². The van der Waals surface area contributed by atoms with E-state index in [0.29, 0.717) is 0 Å². The van der Waals surface area contributed by atoms with Crippen LogP contribution in [0.1, 0.15) is 0 Å². The molecule has 5 aromatic rings. The summed E-state index contributed by atoms with van der Waals surface area (Å²) in [6.45, 7) is 4.62. The minimum atomic E-state index is 0. The van der Waals surface area contributed by atoms with Gasteiger partial charge >= 0.3 is 41.9 Å². The minimum absolute atomic E-state index is 0. The molecule has 5 rings (SSSR count). The van der Waals surface area contributed by atoms with Gasteiger partial charge in [0, 0.05) is 0 Å². The van der Waals surface area contributed by atoms with Gasteiger partial charge in [0.2, 0.25) is 0 Å². The molecule has 0 spiro atoms. The summed E-state index contributed by atoms with van der Waals surface area (Å²) < 4.78 is 0. The molecular weight excluding hydrogens is 478 g/mol. The molecule has 0 aliphatic carbocycles. The van der Waals surface area contributed by atoms with E-state index in [-0.39, 0.29) is 30.2 Å². The summed E-state index contributed by atoms with van der Waals surface area (Å²) in [5.41, 5.74) is 0.210. The van der Waals surface area contributed by atoms with Crippen molar-refractivity contribution in [3.63, 3.8) is 0 Å². The zero-order valence-corrected chi connectivity index (χ0v) is 21.0. The zero-order valence-electron chi connectivity index (χ0n) is 16.0. The second-order valence-electron chi connectivity index (χ2n) is 6.47.